The molecule has 0 saturated carbocycles. The summed E-state index contributed by atoms with van der Waals surface area (Å²) in [6.07, 6.45) is 0.743. The van der Waals surface area contributed by atoms with Gasteiger partial charge in [0.2, 0.25) is 0 Å². The number of hydrogen-bond acceptors (Lipinski definition) is 3. The molecule has 0 aliphatic carbocycles. The summed E-state index contributed by atoms with van der Waals surface area (Å²) in [5, 5.41) is 5.33. The Hall–Kier alpha value is -1.75. The lowest BCUT2D eigenvalue weighted by Gasteiger charge is -2.14. The van der Waals surface area contributed by atoms with E-state index in [9.17, 15) is 4.79 Å². The van der Waals surface area contributed by atoms with Crippen LogP contribution < -0.4 is 10.2 Å². The largest absolute Gasteiger partial charge is 0.479 e. The minimum absolute atomic E-state index is 0.335. The van der Waals surface area contributed by atoms with Gasteiger partial charge in [-0.3, -0.25) is 4.79 Å². The number of nitrogens with one attached hydrogen (secondary N) is 1. The van der Waals surface area contributed by atoms with Gasteiger partial charge in [0, 0.05) is 10.0 Å². The average molecular weight is 372 g/mol. The maximum atomic E-state index is 11.9. The molecule has 0 aromatic heterocycles. The van der Waals surface area contributed by atoms with E-state index in [1.807, 2.05) is 0 Å². The van der Waals surface area contributed by atoms with Crippen molar-refractivity contribution >= 4 is 46.9 Å². The molecule has 0 bridgehead atoms. The van der Waals surface area contributed by atoms with Crippen LogP contribution in [0.1, 0.15) is 12.5 Å². The van der Waals surface area contributed by atoms with Crippen LogP contribution in [0.15, 0.2) is 47.6 Å². The Morgan fingerprint density at radius 3 is 2.43 bits per heavy atom. The number of rotatable bonds is 5. The smallest absolute Gasteiger partial charge is 0.280 e. The van der Waals surface area contributed by atoms with E-state index in [1.54, 1.807) is 49.4 Å². The van der Waals surface area contributed by atoms with E-state index in [0.29, 0.717) is 20.8 Å². The van der Waals surface area contributed by atoms with Crippen LogP contribution in [0.2, 0.25) is 15.1 Å². The third-order valence-electron chi connectivity index (χ3n) is 2.83. The quantitative estimate of drug-likeness (QED) is 0.618. The molecule has 2 aromatic carbocycles. The van der Waals surface area contributed by atoms with Crippen LogP contribution in [0.4, 0.5) is 0 Å². The highest BCUT2D eigenvalue weighted by Crippen LogP contribution is 2.28. The van der Waals surface area contributed by atoms with Gasteiger partial charge in [0.05, 0.1) is 11.2 Å². The Morgan fingerprint density at radius 2 is 1.78 bits per heavy atom. The molecule has 2 aromatic rings. The number of hydrazone groups is 1. The molecule has 0 saturated heterocycles. The summed E-state index contributed by atoms with van der Waals surface area (Å²) in [4.78, 5) is 11.9. The zero-order valence-electron chi connectivity index (χ0n) is 12.1. The number of halogens is 3. The van der Waals surface area contributed by atoms with Gasteiger partial charge in [0.25, 0.3) is 5.91 Å². The molecule has 0 aliphatic rings. The second-order valence-corrected chi connectivity index (χ2v) is 5.90. The van der Waals surface area contributed by atoms with Gasteiger partial charge in [-0.1, -0.05) is 46.9 Å². The van der Waals surface area contributed by atoms with E-state index in [-0.39, 0.29) is 0 Å². The van der Waals surface area contributed by atoms with E-state index in [4.69, 9.17) is 39.5 Å². The number of nitrogens with zero attached hydrogens (tertiary/aromatic N) is 1. The normalized spacial score (nSPS) is 12.2. The Kier molecular flexibility index (Phi) is 6.28. The molecule has 0 radical (unpaired) electrons. The molecule has 23 heavy (non-hydrogen) atoms. The standard InChI is InChI=1S/C16H13Cl3N2O2/c1-10(23-15-7-6-13(18)8-14(15)19)16(22)21-20-9-11-2-4-12(17)5-3-11/h2-10H,1H3,(H,21,22)/b20-9+. The van der Waals surface area contributed by atoms with Gasteiger partial charge in [0.15, 0.2) is 6.10 Å². The maximum absolute atomic E-state index is 11.9. The highest BCUT2D eigenvalue weighted by Gasteiger charge is 2.15. The molecule has 1 N–H and O–H groups in total. The Bertz CT molecular complexity index is 718. The first kappa shape index (κ1) is 17.6. The second kappa shape index (κ2) is 8.20. The molecule has 7 heteroatoms. The van der Waals surface area contributed by atoms with Gasteiger partial charge < -0.3 is 4.74 Å². The summed E-state index contributed by atoms with van der Waals surface area (Å²) in [6.45, 7) is 1.60. The Morgan fingerprint density at radius 1 is 1.13 bits per heavy atom. The molecule has 4 nitrogen and oxygen atoms in total. The highest BCUT2D eigenvalue weighted by molar-refractivity contribution is 6.35. The van der Waals surface area contributed by atoms with Gasteiger partial charge >= 0.3 is 0 Å². The number of carbonyl (C=O) groups excluding carboxylic acids is 1. The van der Waals surface area contributed by atoms with Crippen molar-refractivity contribution in [1.82, 2.24) is 5.43 Å². The minimum Gasteiger partial charge on any atom is -0.479 e. The molecule has 2 rings (SSSR count). The average Bonchev–Trinajstić information content (AvgIpc) is 2.51. The molecule has 1 unspecified atom stereocenters. The van der Waals surface area contributed by atoms with Crippen molar-refractivity contribution in [2.75, 3.05) is 0 Å². The van der Waals surface area contributed by atoms with Gasteiger partial charge in [0.1, 0.15) is 5.75 Å². The van der Waals surface area contributed by atoms with Crippen LogP contribution in [0, 0.1) is 0 Å². The highest BCUT2D eigenvalue weighted by atomic mass is 35.5. The lowest BCUT2D eigenvalue weighted by molar-refractivity contribution is -0.127. The molecule has 1 atom stereocenters. The molecule has 1 amide bonds. The van der Waals surface area contributed by atoms with E-state index in [2.05, 4.69) is 10.5 Å². The fourth-order valence-corrected chi connectivity index (χ4v) is 2.20. The first-order valence-corrected chi connectivity index (χ1v) is 7.79. The molecule has 120 valence electrons. The van der Waals surface area contributed by atoms with E-state index >= 15 is 0 Å². The van der Waals surface area contributed by atoms with Crippen LogP contribution >= 0.6 is 34.8 Å². The monoisotopic (exact) mass is 370 g/mol. The molecular weight excluding hydrogens is 359 g/mol. The fourth-order valence-electron chi connectivity index (χ4n) is 1.62. The third-order valence-corrected chi connectivity index (χ3v) is 3.61. The molecule has 0 spiro atoms. The van der Waals surface area contributed by atoms with Crippen LogP contribution in [0.5, 0.6) is 5.75 Å². The predicted molar refractivity (Wildman–Crippen MR) is 93.7 cm³/mol. The van der Waals surface area contributed by atoms with Gasteiger partial charge in [-0.2, -0.15) is 5.10 Å². The zero-order valence-corrected chi connectivity index (χ0v) is 14.4. The second-order valence-electron chi connectivity index (χ2n) is 4.62. The minimum atomic E-state index is -0.768. The van der Waals surface area contributed by atoms with Crippen molar-refractivity contribution in [3.8, 4) is 5.75 Å². The zero-order chi connectivity index (χ0) is 16.8. The summed E-state index contributed by atoms with van der Waals surface area (Å²) < 4.78 is 5.49. The number of hydrogen-bond donors (Lipinski definition) is 1. The lowest BCUT2D eigenvalue weighted by Crippen LogP contribution is -2.33. The van der Waals surface area contributed by atoms with Crippen LogP contribution in [0.25, 0.3) is 0 Å². The summed E-state index contributed by atoms with van der Waals surface area (Å²) in [7, 11) is 0. The molecular formula is C16H13Cl3N2O2. The number of benzene rings is 2. The van der Waals surface area contributed by atoms with Crippen LogP contribution in [-0.4, -0.2) is 18.2 Å². The summed E-state index contributed by atoms with van der Waals surface area (Å²) >= 11 is 17.6. The third kappa shape index (κ3) is 5.43. The van der Waals surface area contributed by atoms with E-state index < -0.39 is 12.0 Å². The molecule has 0 fully saturated rings. The van der Waals surface area contributed by atoms with Crippen LogP contribution in [-0.2, 0) is 4.79 Å². The summed E-state index contributed by atoms with van der Waals surface area (Å²) in [5.41, 5.74) is 3.21. The van der Waals surface area contributed by atoms with E-state index in [0.717, 1.165) is 5.56 Å². The van der Waals surface area contributed by atoms with Crippen LogP contribution in [0.3, 0.4) is 0 Å². The summed E-state index contributed by atoms with van der Waals surface area (Å²) in [5.74, 6) is -0.0263. The van der Waals surface area contributed by atoms with Gasteiger partial charge in [-0.25, -0.2) is 5.43 Å². The topological polar surface area (TPSA) is 50.7 Å². The first-order valence-electron chi connectivity index (χ1n) is 6.66. The summed E-state index contributed by atoms with van der Waals surface area (Å²) in [6, 6.07) is 11.8. The number of ether oxygens (including phenoxy) is 1. The Balaban J connectivity index is 1.90. The van der Waals surface area contributed by atoms with Crippen molar-refractivity contribution in [3.63, 3.8) is 0 Å². The van der Waals surface area contributed by atoms with Crippen molar-refractivity contribution in [1.29, 1.82) is 0 Å². The predicted octanol–water partition coefficient (Wildman–Crippen LogP) is 4.56. The first-order chi connectivity index (χ1) is 11.0. The Labute approximate surface area is 149 Å². The van der Waals surface area contributed by atoms with Crippen molar-refractivity contribution in [2.45, 2.75) is 13.0 Å². The van der Waals surface area contributed by atoms with Gasteiger partial charge in [-0.15, -0.1) is 0 Å². The lowest BCUT2D eigenvalue weighted by atomic mass is 10.2. The van der Waals surface area contributed by atoms with Crippen molar-refractivity contribution in [2.24, 2.45) is 5.10 Å². The van der Waals surface area contributed by atoms with Gasteiger partial charge in [-0.05, 0) is 42.8 Å². The SMILES string of the molecule is CC(Oc1ccc(Cl)cc1Cl)C(=O)N/N=C/c1ccc(Cl)cc1. The molecule has 0 heterocycles. The maximum Gasteiger partial charge on any atom is 0.280 e. The molecule has 0 aliphatic heterocycles. The fraction of sp³-hybridized carbons (Fsp3) is 0.125. The van der Waals surface area contributed by atoms with Crippen molar-refractivity contribution in [3.05, 3.63) is 63.1 Å². The van der Waals surface area contributed by atoms with Crippen molar-refractivity contribution < 1.29 is 9.53 Å². The number of amides is 1. The number of carbonyl (C=O) groups is 1. The van der Waals surface area contributed by atoms with E-state index in [1.165, 1.54) is 6.21 Å².